The number of amides is 2. The number of carbonyl (C=O) groups excluding carboxylic acids is 3. The van der Waals surface area contributed by atoms with Crippen molar-refractivity contribution in [2.75, 3.05) is 65.9 Å². The Hall–Kier alpha value is -5.13. The van der Waals surface area contributed by atoms with E-state index in [1.54, 1.807) is 41.3 Å². The van der Waals surface area contributed by atoms with Crippen LogP contribution in [0.1, 0.15) is 381 Å². The maximum Gasteiger partial charge on any atom is 0.338 e. The van der Waals surface area contributed by atoms with E-state index < -0.39 is 5.97 Å². The maximum atomic E-state index is 15.0. The van der Waals surface area contributed by atoms with E-state index in [-0.39, 0.29) is 38.1 Å². The van der Waals surface area contributed by atoms with E-state index in [1.807, 2.05) is 18.2 Å². The van der Waals surface area contributed by atoms with Crippen LogP contribution in [-0.4, -0.2) is 88.6 Å². The molecule has 0 aliphatic rings. The highest BCUT2D eigenvalue weighted by molar-refractivity contribution is 5.96. The predicted molar refractivity (Wildman–Crippen MR) is 406 cm³/mol. The Balaban J connectivity index is 1.87. The summed E-state index contributed by atoms with van der Waals surface area (Å²) in [5, 5.41) is 3.10. The van der Waals surface area contributed by atoms with Crippen molar-refractivity contribution in [3.63, 3.8) is 0 Å². The molecule has 554 valence electrons. The number of rotatable bonds is 69. The molecule has 0 aliphatic heterocycles. The first-order valence-electron chi connectivity index (χ1n) is 40.7. The average Bonchev–Trinajstić information content (AvgIpc) is 0.912. The molecule has 0 aromatic heterocycles. The number of carbonyl (C=O) groups is 3. The Morgan fingerprint density at radius 2 is 0.526 bits per heavy atom. The van der Waals surface area contributed by atoms with Gasteiger partial charge in [-0.15, -0.1) is 0 Å². The number of hydrogen-bond acceptors (Lipinski definition) is 10. The maximum absolute atomic E-state index is 15.0. The van der Waals surface area contributed by atoms with E-state index >= 15 is 0 Å². The molecule has 3 aromatic carbocycles. The molecular weight excluding hydrogens is 1210 g/mol. The molecule has 0 saturated carbocycles. The third-order valence-corrected chi connectivity index (χ3v) is 18.7. The zero-order valence-corrected chi connectivity index (χ0v) is 63.2. The van der Waals surface area contributed by atoms with E-state index in [1.165, 1.54) is 231 Å². The molecule has 2 amide bonds. The number of unbranched alkanes of at least 4 members (excludes halogenated alkanes) is 42. The minimum atomic E-state index is -0.521. The van der Waals surface area contributed by atoms with Gasteiger partial charge in [-0.25, -0.2) is 4.79 Å². The number of benzene rings is 3. The molecule has 0 aliphatic carbocycles. The normalized spacial score (nSPS) is 11.2. The van der Waals surface area contributed by atoms with Crippen LogP contribution >= 0.6 is 0 Å². The Kier molecular flexibility index (Phi) is 55.0. The van der Waals surface area contributed by atoms with Gasteiger partial charge in [-0.3, -0.25) is 9.59 Å². The summed E-state index contributed by atoms with van der Waals surface area (Å²) in [7, 11) is 0. The van der Waals surface area contributed by atoms with E-state index in [4.69, 9.17) is 33.2 Å². The fourth-order valence-corrected chi connectivity index (χ4v) is 12.4. The molecule has 0 heterocycles. The smallest absolute Gasteiger partial charge is 0.338 e. The van der Waals surface area contributed by atoms with Gasteiger partial charge in [0.15, 0.2) is 34.5 Å². The summed E-state index contributed by atoms with van der Waals surface area (Å²) < 4.78 is 44.4. The number of esters is 1. The molecule has 3 rings (SSSR count). The first kappa shape index (κ1) is 86.1. The van der Waals surface area contributed by atoms with Crippen molar-refractivity contribution >= 4 is 17.8 Å². The fourth-order valence-electron chi connectivity index (χ4n) is 12.4. The molecule has 12 nitrogen and oxygen atoms in total. The number of nitrogens with zero attached hydrogens (tertiary/aromatic N) is 1. The van der Waals surface area contributed by atoms with Crippen LogP contribution in [0.4, 0.5) is 0 Å². The van der Waals surface area contributed by atoms with Crippen molar-refractivity contribution in [2.45, 2.75) is 350 Å². The van der Waals surface area contributed by atoms with Gasteiger partial charge in [0.05, 0.1) is 51.7 Å². The van der Waals surface area contributed by atoms with Crippen molar-refractivity contribution in [1.29, 1.82) is 0 Å². The van der Waals surface area contributed by atoms with Gasteiger partial charge in [0.25, 0.3) is 11.8 Å². The molecule has 0 atom stereocenters. The fraction of sp³-hybridized carbons (Fsp3) is 0.753. The van der Waals surface area contributed by atoms with Crippen LogP contribution in [0.3, 0.4) is 0 Å². The van der Waals surface area contributed by atoms with Gasteiger partial charge < -0.3 is 43.4 Å². The van der Waals surface area contributed by atoms with E-state index in [0.717, 1.165) is 77.0 Å². The Labute approximate surface area is 594 Å². The average molecular weight is 1350 g/mol. The Morgan fingerprint density at radius 1 is 0.278 bits per heavy atom. The highest BCUT2D eigenvalue weighted by atomic mass is 16.5. The molecule has 1 N–H and O–H groups in total. The van der Waals surface area contributed by atoms with Crippen LogP contribution < -0.4 is 33.7 Å². The molecule has 0 saturated heterocycles. The molecule has 0 fully saturated rings. The minimum Gasteiger partial charge on any atom is -0.490 e. The molecule has 12 heteroatoms. The summed E-state index contributed by atoms with van der Waals surface area (Å²) >= 11 is 0. The molecule has 97 heavy (non-hydrogen) atoms. The van der Waals surface area contributed by atoms with Crippen LogP contribution in [0.2, 0.25) is 0 Å². The molecule has 0 radical (unpaired) electrons. The van der Waals surface area contributed by atoms with Gasteiger partial charge in [0.1, 0.15) is 6.61 Å². The quantitative estimate of drug-likeness (QED) is 0.0430. The van der Waals surface area contributed by atoms with Crippen LogP contribution in [-0.2, 0) is 4.74 Å². The summed E-state index contributed by atoms with van der Waals surface area (Å²) in [5.41, 5.74) is 1.22. The third kappa shape index (κ3) is 43.9. The lowest BCUT2D eigenvalue weighted by atomic mass is 10.1. The largest absolute Gasteiger partial charge is 0.490 e. The second-order valence-electron chi connectivity index (χ2n) is 27.6. The topological polar surface area (TPSA) is 131 Å². The lowest BCUT2D eigenvalue weighted by molar-refractivity contribution is 0.0435. The van der Waals surface area contributed by atoms with Crippen LogP contribution in [0.15, 0.2) is 54.6 Å². The molecule has 0 unspecified atom stereocenters. The second-order valence-corrected chi connectivity index (χ2v) is 27.6. The SMILES string of the molecule is CCCCCCCCCCOc1ccc(C(=O)NCCN(CCOC(=O)c2ccc(OCCCCCCCCCC)c(OCCCCCCCCCC)c2)C(=O)c2ccc(OCCCCCCCCCC)c(OCCCCCCCCCC)c2)cc1OCCCCCCCCCC. The van der Waals surface area contributed by atoms with Gasteiger partial charge in [-0.05, 0) is 93.1 Å². The van der Waals surface area contributed by atoms with Crippen LogP contribution in [0, 0.1) is 0 Å². The van der Waals surface area contributed by atoms with Crippen LogP contribution in [0.5, 0.6) is 34.5 Å². The van der Waals surface area contributed by atoms with Crippen molar-refractivity contribution in [3.8, 4) is 34.5 Å². The molecular formula is C85H144N2O10. The van der Waals surface area contributed by atoms with Gasteiger partial charge in [-0.2, -0.15) is 0 Å². The monoisotopic (exact) mass is 1350 g/mol. The number of ether oxygens (including phenoxy) is 7. The van der Waals surface area contributed by atoms with E-state index in [0.29, 0.717) is 90.8 Å². The highest BCUT2D eigenvalue weighted by Gasteiger charge is 2.22. The summed E-state index contributed by atoms with van der Waals surface area (Å²) in [6.45, 7) is 17.1. The van der Waals surface area contributed by atoms with Gasteiger partial charge in [0.2, 0.25) is 0 Å². The summed E-state index contributed by atoms with van der Waals surface area (Å²) in [4.78, 5) is 44.8. The highest BCUT2D eigenvalue weighted by Crippen LogP contribution is 2.33. The molecule has 3 aromatic rings. The Morgan fingerprint density at radius 3 is 0.835 bits per heavy atom. The van der Waals surface area contributed by atoms with Gasteiger partial charge in [0, 0.05) is 24.2 Å². The number of nitrogens with one attached hydrogen (secondary N) is 1. The second kappa shape index (κ2) is 61.9. The van der Waals surface area contributed by atoms with Crippen LogP contribution in [0.25, 0.3) is 0 Å². The molecule has 0 spiro atoms. The lowest BCUT2D eigenvalue weighted by Crippen LogP contribution is -2.40. The zero-order valence-electron chi connectivity index (χ0n) is 63.2. The Bertz CT molecular complexity index is 2250. The summed E-state index contributed by atoms with van der Waals surface area (Å²) in [6.07, 6.45) is 57.6. The van der Waals surface area contributed by atoms with Crippen molar-refractivity contribution < 1.29 is 47.5 Å². The van der Waals surface area contributed by atoms with Gasteiger partial charge >= 0.3 is 5.97 Å². The van der Waals surface area contributed by atoms with Crippen molar-refractivity contribution in [3.05, 3.63) is 71.3 Å². The predicted octanol–water partition coefficient (Wildman–Crippen LogP) is 24.5. The van der Waals surface area contributed by atoms with E-state index in [2.05, 4.69) is 46.9 Å². The van der Waals surface area contributed by atoms with Crippen molar-refractivity contribution in [1.82, 2.24) is 10.2 Å². The van der Waals surface area contributed by atoms with E-state index in [9.17, 15) is 14.4 Å². The minimum absolute atomic E-state index is 0.0781. The zero-order chi connectivity index (χ0) is 69.5. The van der Waals surface area contributed by atoms with Gasteiger partial charge in [-0.1, -0.05) is 311 Å². The standard InChI is InChI=1S/C85H144N2O10/c1-7-13-19-25-31-37-43-49-64-91-77-58-55-74(71-80(77)94-67-52-46-40-34-28-22-16-10-4)83(88)86-61-62-87(84(89)75-56-59-78(92-65-50-44-38-32-26-20-14-8-2)81(72-75)95-68-53-47-41-35-29-23-17-11-5)63-70-97-85(90)76-57-60-79(93-66-51-45-39-33-27-21-15-9-3)82(73-76)96-69-54-48-42-36-30-24-18-12-6/h55-60,71-73H,7-54,61-70H2,1-6H3,(H,86,88). The first-order chi connectivity index (χ1) is 47.8. The molecule has 0 bridgehead atoms. The summed E-state index contributed by atoms with van der Waals surface area (Å²) in [5.74, 6) is 2.48. The number of hydrogen-bond donors (Lipinski definition) is 1. The van der Waals surface area contributed by atoms with Crippen molar-refractivity contribution in [2.24, 2.45) is 0 Å². The lowest BCUT2D eigenvalue weighted by Gasteiger charge is -2.24. The third-order valence-electron chi connectivity index (χ3n) is 18.7. The summed E-state index contributed by atoms with van der Waals surface area (Å²) in [6, 6.07) is 16.2. The first-order valence-corrected chi connectivity index (χ1v) is 40.7.